The average Bonchev–Trinajstić information content (AvgIpc) is 2.80. The number of benzene rings is 3. The number of halogens is 1. The molecule has 1 aliphatic heterocycles. The van der Waals surface area contributed by atoms with E-state index in [-0.39, 0.29) is 30.1 Å². The monoisotopic (exact) mass is 474 g/mol. The van der Waals surface area contributed by atoms with Crippen molar-refractivity contribution in [2.75, 3.05) is 12.4 Å². The van der Waals surface area contributed by atoms with E-state index >= 15 is 0 Å². The maximum atomic E-state index is 13.2. The van der Waals surface area contributed by atoms with Gasteiger partial charge < -0.3 is 10.1 Å². The maximum Gasteiger partial charge on any atom is 0.228 e. The first kappa shape index (κ1) is 23.7. The Morgan fingerprint density at radius 2 is 1.79 bits per heavy atom. The van der Waals surface area contributed by atoms with Crippen molar-refractivity contribution >= 4 is 34.7 Å². The summed E-state index contributed by atoms with van der Waals surface area (Å²) in [5.41, 5.74) is 4.56. The minimum absolute atomic E-state index is 0.0565. The van der Waals surface area contributed by atoms with Crippen molar-refractivity contribution in [1.29, 1.82) is 0 Å². The third-order valence-corrected chi connectivity index (χ3v) is 6.01. The predicted octanol–water partition coefficient (Wildman–Crippen LogP) is 5.93. The van der Waals surface area contributed by atoms with Crippen LogP contribution >= 0.6 is 11.6 Å². The van der Waals surface area contributed by atoms with Crippen LogP contribution in [-0.2, 0) is 17.6 Å². The Balaban J connectivity index is 1.49. The van der Waals surface area contributed by atoms with Crippen LogP contribution in [0.2, 0.25) is 5.02 Å². The molecule has 3 aromatic carbocycles. The Bertz CT molecular complexity index is 1260. The molecule has 0 spiro atoms. The summed E-state index contributed by atoms with van der Waals surface area (Å²) in [6, 6.07) is 20.1. The fraction of sp³-hybridized carbons (Fsp3) is 0.250. The highest BCUT2D eigenvalue weighted by Crippen LogP contribution is 2.31. The van der Waals surface area contributed by atoms with Crippen LogP contribution < -0.4 is 10.1 Å². The minimum Gasteiger partial charge on any atom is -0.497 e. The fourth-order valence-electron chi connectivity index (χ4n) is 4.19. The number of hydrogen-bond donors (Lipinski definition) is 1. The van der Waals surface area contributed by atoms with Crippen LogP contribution in [0.1, 0.15) is 47.3 Å². The molecule has 0 atom stereocenters. The van der Waals surface area contributed by atoms with E-state index in [1.165, 1.54) is 0 Å². The molecule has 0 aliphatic carbocycles. The number of carbonyl (C=O) groups excluding carboxylic acids is 2. The van der Waals surface area contributed by atoms with Crippen molar-refractivity contribution in [3.63, 3.8) is 0 Å². The molecule has 1 heterocycles. The molecular weight excluding hydrogens is 448 g/mol. The SMILES string of the molecule is COc1ccc2c(c1)C(CC(=O)c1cccc(NC(=O)Cc3ccc(Cl)cc3)c1)=NC(C)(C)C2. The van der Waals surface area contributed by atoms with Gasteiger partial charge in [-0.15, -0.1) is 0 Å². The number of hydrogen-bond acceptors (Lipinski definition) is 4. The zero-order valence-corrected chi connectivity index (χ0v) is 20.3. The normalized spacial score (nSPS) is 14.1. The summed E-state index contributed by atoms with van der Waals surface area (Å²) in [6.45, 7) is 4.14. The van der Waals surface area contributed by atoms with Crippen LogP contribution in [0.4, 0.5) is 5.69 Å². The molecule has 6 heteroatoms. The highest BCUT2D eigenvalue weighted by Gasteiger charge is 2.28. The lowest BCUT2D eigenvalue weighted by atomic mass is 9.85. The molecule has 0 bridgehead atoms. The summed E-state index contributed by atoms with van der Waals surface area (Å²) in [5.74, 6) is 0.523. The van der Waals surface area contributed by atoms with Gasteiger partial charge in [0.25, 0.3) is 0 Å². The first-order chi connectivity index (χ1) is 16.2. The summed E-state index contributed by atoms with van der Waals surface area (Å²) in [5, 5.41) is 3.50. The zero-order chi connectivity index (χ0) is 24.3. The van der Waals surface area contributed by atoms with E-state index in [1.807, 2.05) is 30.3 Å². The van der Waals surface area contributed by atoms with E-state index in [2.05, 4.69) is 19.2 Å². The molecule has 0 saturated carbocycles. The lowest BCUT2D eigenvalue weighted by molar-refractivity contribution is -0.115. The molecular formula is C28H27ClN2O3. The van der Waals surface area contributed by atoms with Crippen LogP contribution in [0.25, 0.3) is 0 Å². The van der Waals surface area contributed by atoms with Gasteiger partial charge in [0.15, 0.2) is 5.78 Å². The number of ketones is 1. The Morgan fingerprint density at radius 3 is 2.53 bits per heavy atom. The predicted molar refractivity (Wildman–Crippen MR) is 136 cm³/mol. The summed E-state index contributed by atoms with van der Waals surface area (Å²) in [7, 11) is 1.63. The number of nitrogens with one attached hydrogen (secondary N) is 1. The number of nitrogens with zero attached hydrogens (tertiary/aromatic N) is 1. The van der Waals surface area contributed by atoms with Crippen LogP contribution in [0.15, 0.2) is 71.7 Å². The van der Waals surface area contributed by atoms with Crippen LogP contribution in [0.3, 0.4) is 0 Å². The van der Waals surface area contributed by atoms with Crippen LogP contribution in [0, 0.1) is 0 Å². The van der Waals surface area contributed by atoms with E-state index in [9.17, 15) is 9.59 Å². The third-order valence-electron chi connectivity index (χ3n) is 5.76. The standard InChI is InChI=1S/C28H27ClN2O3/c1-28(2)17-20-9-12-23(34-3)15-24(20)25(31-28)16-26(32)19-5-4-6-22(14-19)30-27(33)13-18-7-10-21(29)11-8-18/h4-12,14-15H,13,16-17H2,1-3H3,(H,30,33). The topological polar surface area (TPSA) is 67.8 Å². The van der Waals surface area contributed by atoms with Gasteiger partial charge in [-0.3, -0.25) is 14.6 Å². The molecule has 5 nitrogen and oxygen atoms in total. The molecule has 3 aromatic rings. The van der Waals surface area contributed by atoms with Gasteiger partial charge in [0.2, 0.25) is 5.91 Å². The molecule has 1 aliphatic rings. The second-order valence-corrected chi connectivity index (χ2v) is 9.54. The molecule has 1 N–H and O–H groups in total. The van der Waals surface area contributed by atoms with Crippen molar-refractivity contribution in [1.82, 2.24) is 0 Å². The molecule has 0 radical (unpaired) electrons. The highest BCUT2D eigenvalue weighted by atomic mass is 35.5. The molecule has 34 heavy (non-hydrogen) atoms. The van der Waals surface area contributed by atoms with Crippen molar-refractivity contribution in [3.05, 3.63) is 94.0 Å². The van der Waals surface area contributed by atoms with Gasteiger partial charge in [0.1, 0.15) is 5.75 Å². The van der Waals surface area contributed by atoms with Crippen LogP contribution in [-0.4, -0.2) is 30.1 Å². The maximum absolute atomic E-state index is 13.2. The minimum atomic E-state index is -0.283. The highest BCUT2D eigenvalue weighted by molar-refractivity contribution is 6.30. The number of amides is 1. The summed E-state index contributed by atoms with van der Waals surface area (Å²) in [4.78, 5) is 30.6. The Kier molecular flexibility index (Phi) is 6.85. The largest absolute Gasteiger partial charge is 0.497 e. The molecule has 1 amide bonds. The Labute approximate surface area is 204 Å². The van der Waals surface area contributed by atoms with Gasteiger partial charge in [-0.1, -0.05) is 41.9 Å². The van der Waals surface area contributed by atoms with Gasteiger partial charge >= 0.3 is 0 Å². The summed E-state index contributed by atoms with van der Waals surface area (Å²) in [6.07, 6.45) is 1.20. The lowest BCUT2D eigenvalue weighted by Crippen LogP contribution is -2.30. The Morgan fingerprint density at radius 1 is 1.03 bits per heavy atom. The molecule has 0 unspecified atom stereocenters. The quantitative estimate of drug-likeness (QED) is 0.432. The molecule has 0 fully saturated rings. The molecule has 0 saturated heterocycles. The van der Waals surface area contributed by atoms with Gasteiger partial charge in [0.05, 0.1) is 31.2 Å². The molecule has 4 rings (SSSR count). The second-order valence-electron chi connectivity index (χ2n) is 9.10. The number of rotatable bonds is 7. The van der Waals surface area contributed by atoms with E-state index in [0.717, 1.165) is 34.6 Å². The molecule has 174 valence electrons. The number of ether oxygens (including phenoxy) is 1. The number of Topliss-reactive ketones (excluding diaryl/α,β-unsaturated/α-hetero) is 1. The van der Waals surface area contributed by atoms with Gasteiger partial charge in [-0.05, 0) is 67.8 Å². The summed E-state index contributed by atoms with van der Waals surface area (Å²) >= 11 is 5.91. The number of aliphatic imine (C=N–C) groups is 1. The van der Waals surface area contributed by atoms with E-state index in [4.69, 9.17) is 21.3 Å². The van der Waals surface area contributed by atoms with Gasteiger partial charge in [0, 0.05) is 21.8 Å². The fourth-order valence-corrected chi connectivity index (χ4v) is 4.31. The van der Waals surface area contributed by atoms with Crippen molar-refractivity contribution in [2.45, 2.75) is 38.6 Å². The van der Waals surface area contributed by atoms with E-state index in [1.54, 1.807) is 43.5 Å². The smallest absolute Gasteiger partial charge is 0.228 e. The lowest BCUT2D eigenvalue weighted by Gasteiger charge is -2.29. The Hall–Kier alpha value is -3.44. The van der Waals surface area contributed by atoms with Crippen molar-refractivity contribution in [3.8, 4) is 5.75 Å². The van der Waals surface area contributed by atoms with Crippen molar-refractivity contribution < 1.29 is 14.3 Å². The number of methoxy groups -OCH3 is 1. The number of carbonyl (C=O) groups is 2. The number of anilines is 1. The average molecular weight is 475 g/mol. The van der Waals surface area contributed by atoms with Crippen molar-refractivity contribution in [2.24, 2.45) is 4.99 Å². The number of fused-ring (bicyclic) bond motifs is 1. The van der Waals surface area contributed by atoms with E-state index < -0.39 is 0 Å². The van der Waals surface area contributed by atoms with Gasteiger partial charge in [-0.2, -0.15) is 0 Å². The van der Waals surface area contributed by atoms with Gasteiger partial charge in [-0.25, -0.2) is 0 Å². The first-order valence-corrected chi connectivity index (χ1v) is 11.5. The second kappa shape index (κ2) is 9.82. The zero-order valence-electron chi connectivity index (χ0n) is 19.5. The first-order valence-electron chi connectivity index (χ1n) is 11.2. The summed E-state index contributed by atoms with van der Waals surface area (Å²) < 4.78 is 5.38. The van der Waals surface area contributed by atoms with E-state index in [0.29, 0.717) is 16.3 Å². The third kappa shape index (κ3) is 5.72. The van der Waals surface area contributed by atoms with Crippen LogP contribution in [0.5, 0.6) is 5.75 Å². The molecule has 0 aromatic heterocycles.